The number of rotatable bonds is 6. The van der Waals surface area contributed by atoms with Crippen LogP contribution in [0.1, 0.15) is 34.5 Å². The fraction of sp³-hybridized carbons (Fsp3) is 0.182. The fourth-order valence-electron chi connectivity index (χ4n) is 3.05. The second kappa shape index (κ2) is 8.54. The number of carbonyl (C=O) groups excluding carboxylic acids is 3. The Hall–Kier alpha value is -3.39. The molecule has 2 aromatic carbocycles. The number of aromatic nitrogens is 1. The standard InChI is InChI=1S/C22H17FN2O4S/c23-17-7-5-15(6-8-17)21-24-18(13-30-21)12-29-22(28)16-3-1-14(2-4-16)11-25-19(26)9-10-20(25)27/h1-8,13H,9-12H2. The molecule has 30 heavy (non-hydrogen) atoms. The third-order valence-corrected chi connectivity index (χ3v) is 5.62. The molecule has 0 atom stereocenters. The molecule has 0 spiro atoms. The number of hydrogen-bond donors (Lipinski definition) is 0. The van der Waals surface area contributed by atoms with E-state index in [0.29, 0.717) is 11.3 Å². The Bertz CT molecular complexity index is 1080. The Balaban J connectivity index is 1.33. The highest BCUT2D eigenvalue weighted by molar-refractivity contribution is 7.13. The van der Waals surface area contributed by atoms with Gasteiger partial charge in [-0.2, -0.15) is 0 Å². The first kappa shape index (κ1) is 19.9. The Kier molecular flexibility index (Phi) is 5.67. The Labute approximate surface area is 175 Å². The van der Waals surface area contributed by atoms with Gasteiger partial charge >= 0.3 is 5.97 Å². The Morgan fingerprint density at radius 1 is 1.03 bits per heavy atom. The summed E-state index contributed by atoms with van der Waals surface area (Å²) in [6.45, 7) is 0.229. The van der Waals surface area contributed by atoms with Crippen LogP contribution < -0.4 is 0 Å². The molecular weight excluding hydrogens is 407 g/mol. The van der Waals surface area contributed by atoms with Crippen molar-refractivity contribution in [2.24, 2.45) is 0 Å². The van der Waals surface area contributed by atoms with Crippen molar-refractivity contribution in [2.75, 3.05) is 0 Å². The zero-order valence-corrected chi connectivity index (χ0v) is 16.7. The van der Waals surface area contributed by atoms with E-state index in [1.165, 1.54) is 28.4 Å². The molecule has 1 fully saturated rings. The van der Waals surface area contributed by atoms with E-state index in [9.17, 15) is 18.8 Å². The third-order valence-electron chi connectivity index (χ3n) is 4.68. The SMILES string of the molecule is O=C(OCc1csc(-c2ccc(F)cc2)n1)c1ccc(CN2C(=O)CCC2=O)cc1. The van der Waals surface area contributed by atoms with E-state index in [0.717, 1.165) is 16.1 Å². The van der Waals surface area contributed by atoms with Crippen molar-refractivity contribution >= 4 is 29.1 Å². The summed E-state index contributed by atoms with van der Waals surface area (Å²) in [5.41, 5.74) is 2.53. The Morgan fingerprint density at radius 2 is 1.70 bits per heavy atom. The predicted molar refractivity (Wildman–Crippen MR) is 108 cm³/mol. The first-order valence-corrected chi connectivity index (χ1v) is 10.2. The summed E-state index contributed by atoms with van der Waals surface area (Å²) in [5.74, 6) is -1.15. The molecule has 3 aromatic rings. The van der Waals surface area contributed by atoms with Gasteiger partial charge < -0.3 is 4.74 Å². The van der Waals surface area contributed by atoms with Crippen LogP contribution in [0.15, 0.2) is 53.9 Å². The number of likely N-dealkylation sites (tertiary alicyclic amines) is 1. The molecule has 2 amide bonds. The molecule has 0 unspecified atom stereocenters. The third kappa shape index (κ3) is 4.44. The van der Waals surface area contributed by atoms with Gasteiger partial charge in [0.05, 0.1) is 17.8 Å². The quantitative estimate of drug-likeness (QED) is 0.442. The van der Waals surface area contributed by atoms with Crippen LogP contribution in [0.3, 0.4) is 0 Å². The van der Waals surface area contributed by atoms with Gasteiger partial charge in [-0.25, -0.2) is 14.2 Å². The molecule has 152 valence electrons. The van der Waals surface area contributed by atoms with Gasteiger partial charge in [-0.15, -0.1) is 11.3 Å². The molecule has 4 rings (SSSR count). The van der Waals surface area contributed by atoms with Crippen molar-refractivity contribution < 1.29 is 23.5 Å². The molecule has 2 heterocycles. The van der Waals surface area contributed by atoms with Crippen LogP contribution in [0.2, 0.25) is 0 Å². The van der Waals surface area contributed by atoms with Gasteiger partial charge in [0, 0.05) is 23.8 Å². The second-order valence-corrected chi connectivity index (χ2v) is 7.66. The molecule has 0 bridgehead atoms. The summed E-state index contributed by atoms with van der Waals surface area (Å²) >= 11 is 1.39. The number of amides is 2. The van der Waals surface area contributed by atoms with Crippen LogP contribution in [-0.2, 0) is 27.5 Å². The summed E-state index contributed by atoms with van der Waals surface area (Å²) in [5, 5.41) is 2.51. The van der Waals surface area contributed by atoms with E-state index in [4.69, 9.17) is 4.74 Å². The molecule has 0 N–H and O–H groups in total. The van der Waals surface area contributed by atoms with Crippen molar-refractivity contribution in [3.05, 3.63) is 76.5 Å². The van der Waals surface area contributed by atoms with E-state index in [1.807, 2.05) is 0 Å². The maximum atomic E-state index is 13.0. The number of thiazole rings is 1. The van der Waals surface area contributed by atoms with Gasteiger partial charge in [-0.3, -0.25) is 14.5 Å². The number of halogens is 1. The average molecular weight is 424 g/mol. The summed E-state index contributed by atoms with van der Waals surface area (Å²) in [7, 11) is 0. The summed E-state index contributed by atoms with van der Waals surface area (Å²) in [4.78, 5) is 41.3. The maximum Gasteiger partial charge on any atom is 0.338 e. The molecule has 1 aliphatic heterocycles. The number of carbonyl (C=O) groups is 3. The maximum absolute atomic E-state index is 13.0. The lowest BCUT2D eigenvalue weighted by molar-refractivity contribution is -0.139. The minimum Gasteiger partial charge on any atom is -0.456 e. The number of nitrogens with zero attached hydrogens (tertiary/aromatic N) is 2. The number of ether oxygens (including phenoxy) is 1. The topological polar surface area (TPSA) is 76.6 Å². The van der Waals surface area contributed by atoms with E-state index >= 15 is 0 Å². The van der Waals surface area contributed by atoms with Crippen LogP contribution >= 0.6 is 11.3 Å². The molecule has 6 nitrogen and oxygen atoms in total. The van der Waals surface area contributed by atoms with Gasteiger partial charge in [-0.05, 0) is 42.0 Å². The molecule has 8 heteroatoms. The van der Waals surface area contributed by atoms with Gasteiger partial charge in [-0.1, -0.05) is 12.1 Å². The molecule has 1 aliphatic rings. The van der Waals surface area contributed by atoms with Crippen molar-refractivity contribution in [2.45, 2.75) is 26.0 Å². The number of benzene rings is 2. The van der Waals surface area contributed by atoms with E-state index in [2.05, 4.69) is 4.98 Å². The van der Waals surface area contributed by atoms with Crippen LogP contribution in [0.4, 0.5) is 4.39 Å². The monoisotopic (exact) mass is 424 g/mol. The number of esters is 1. The minimum atomic E-state index is -0.494. The summed E-state index contributed by atoms with van der Waals surface area (Å²) in [6, 6.07) is 12.6. The van der Waals surface area contributed by atoms with Crippen LogP contribution in [0.5, 0.6) is 0 Å². The summed E-state index contributed by atoms with van der Waals surface area (Å²) in [6.07, 6.45) is 0.505. The molecule has 1 saturated heterocycles. The molecule has 0 aliphatic carbocycles. The van der Waals surface area contributed by atoms with Crippen LogP contribution in [-0.4, -0.2) is 27.7 Å². The highest BCUT2D eigenvalue weighted by Crippen LogP contribution is 2.24. The number of imide groups is 1. The highest BCUT2D eigenvalue weighted by atomic mass is 32.1. The smallest absolute Gasteiger partial charge is 0.338 e. The van der Waals surface area contributed by atoms with Gasteiger partial charge in [0.2, 0.25) is 11.8 Å². The second-order valence-electron chi connectivity index (χ2n) is 6.80. The highest BCUT2D eigenvalue weighted by Gasteiger charge is 2.28. The zero-order chi connectivity index (χ0) is 21.1. The van der Waals surface area contributed by atoms with Crippen molar-refractivity contribution in [3.63, 3.8) is 0 Å². The fourth-order valence-corrected chi connectivity index (χ4v) is 3.86. The van der Waals surface area contributed by atoms with E-state index < -0.39 is 5.97 Å². The van der Waals surface area contributed by atoms with E-state index in [1.54, 1.807) is 41.8 Å². The summed E-state index contributed by atoms with van der Waals surface area (Å²) < 4.78 is 18.3. The molecule has 1 aromatic heterocycles. The first-order valence-electron chi connectivity index (χ1n) is 9.29. The largest absolute Gasteiger partial charge is 0.456 e. The van der Waals surface area contributed by atoms with Crippen LogP contribution in [0, 0.1) is 5.82 Å². The average Bonchev–Trinajstić information content (AvgIpc) is 3.35. The van der Waals surface area contributed by atoms with Gasteiger partial charge in [0.1, 0.15) is 17.4 Å². The molecular formula is C22H17FN2O4S. The lowest BCUT2D eigenvalue weighted by Crippen LogP contribution is -2.28. The first-order chi connectivity index (χ1) is 14.5. The normalized spacial score (nSPS) is 13.7. The van der Waals surface area contributed by atoms with Crippen molar-refractivity contribution in [1.29, 1.82) is 0 Å². The minimum absolute atomic E-state index is 0.0229. The Morgan fingerprint density at radius 3 is 2.37 bits per heavy atom. The van der Waals surface area contributed by atoms with Gasteiger partial charge in [0.15, 0.2) is 0 Å². The van der Waals surface area contributed by atoms with E-state index in [-0.39, 0.29) is 43.6 Å². The zero-order valence-electron chi connectivity index (χ0n) is 15.8. The predicted octanol–water partition coefficient (Wildman–Crippen LogP) is 3.96. The van der Waals surface area contributed by atoms with Crippen molar-refractivity contribution in [3.8, 4) is 10.6 Å². The van der Waals surface area contributed by atoms with Crippen LogP contribution in [0.25, 0.3) is 10.6 Å². The lowest BCUT2D eigenvalue weighted by atomic mass is 10.1. The van der Waals surface area contributed by atoms with Crippen molar-refractivity contribution in [1.82, 2.24) is 9.88 Å². The lowest BCUT2D eigenvalue weighted by Gasteiger charge is -2.13. The van der Waals surface area contributed by atoms with Gasteiger partial charge in [0.25, 0.3) is 0 Å². The molecule has 0 saturated carbocycles. The molecule has 0 radical (unpaired) electrons. The number of hydrogen-bond acceptors (Lipinski definition) is 6.